The molecule has 0 fully saturated rings. The molecule has 0 spiro atoms. The fraction of sp³-hybridized carbons (Fsp3) is 0.174. The number of halogens is 2. The summed E-state index contributed by atoms with van der Waals surface area (Å²) in [6, 6.07) is 13.4. The van der Waals surface area contributed by atoms with Crippen molar-refractivity contribution >= 4 is 40.6 Å². The number of anilines is 3. The summed E-state index contributed by atoms with van der Waals surface area (Å²) in [5.74, 6) is -0.750. The third-order valence-corrected chi connectivity index (χ3v) is 4.97. The molecule has 5 nitrogen and oxygen atoms in total. The molecule has 0 aliphatic heterocycles. The molecule has 1 aromatic heterocycles. The van der Waals surface area contributed by atoms with Crippen LogP contribution in [0.4, 0.5) is 21.6 Å². The predicted molar refractivity (Wildman–Crippen MR) is 117 cm³/mol. The van der Waals surface area contributed by atoms with E-state index in [1.54, 1.807) is 18.2 Å². The first kappa shape index (κ1) is 21.5. The number of carbonyl (C=O) groups excluding carboxylic acids is 2. The maximum Gasteiger partial charge on any atom is 0.229 e. The van der Waals surface area contributed by atoms with E-state index >= 15 is 0 Å². The van der Waals surface area contributed by atoms with Gasteiger partial charge in [-0.25, -0.2) is 9.37 Å². The number of aromatic nitrogens is 1. The van der Waals surface area contributed by atoms with Crippen molar-refractivity contribution in [3.63, 3.8) is 0 Å². The first-order valence-corrected chi connectivity index (χ1v) is 9.71. The maximum atomic E-state index is 13.6. The molecule has 2 aromatic carbocycles. The van der Waals surface area contributed by atoms with Crippen molar-refractivity contribution in [2.75, 3.05) is 10.2 Å². The molecule has 0 aliphatic carbocycles. The number of carbonyl (C=O) groups is 2. The van der Waals surface area contributed by atoms with Gasteiger partial charge in [-0.05, 0) is 43.2 Å². The number of benzene rings is 2. The molecule has 1 heterocycles. The molecule has 0 unspecified atom stereocenters. The Morgan fingerprint density at radius 1 is 1.13 bits per heavy atom. The lowest BCUT2D eigenvalue weighted by Crippen LogP contribution is -2.25. The van der Waals surface area contributed by atoms with Crippen LogP contribution in [0.15, 0.2) is 54.7 Å². The summed E-state index contributed by atoms with van der Waals surface area (Å²) in [6.45, 7) is 5.36. The van der Waals surface area contributed by atoms with Gasteiger partial charge < -0.3 is 5.32 Å². The second kappa shape index (κ2) is 9.05. The highest BCUT2D eigenvalue weighted by Gasteiger charge is 2.18. The standard InChI is InChI=1S/C23H21ClFN3O2/c1-14-7-8-20(15(2)11-14)28(16(3)29)21-13-18(9-10-26-21)27-22(30)12-17-5-4-6-19(25)23(17)24/h4-11,13H,12H2,1-3H3,(H,26,27,30). The van der Waals surface area contributed by atoms with Gasteiger partial charge in [0.05, 0.1) is 17.1 Å². The van der Waals surface area contributed by atoms with E-state index in [4.69, 9.17) is 11.6 Å². The average Bonchev–Trinajstić information content (AvgIpc) is 2.67. The molecule has 0 radical (unpaired) electrons. The lowest BCUT2D eigenvalue weighted by molar-refractivity contribution is -0.116. The molecule has 0 atom stereocenters. The van der Waals surface area contributed by atoms with Crippen LogP contribution in [0.25, 0.3) is 0 Å². The summed E-state index contributed by atoms with van der Waals surface area (Å²) in [6.07, 6.45) is 1.43. The molecular weight excluding hydrogens is 405 g/mol. The highest BCUT2D eigenvalue weighted by molar-refractivity contribution is 6.31. The number of hydrogen-bond donors (Lipinski definition) is 1. The van der Waals surface area contributed by atoms with Gasteiger partial charge in [-0.2, -0.15) is 0 Å². The Morgan fingerprint density at radius 2 is 1.90 bits per heavy atom. The van der Waals surface area contributed by atoms with E-state index in [0.717, 1.165) is 16.8 Å². The summed E-state index contributed by atoms with van der Waals surface area (Å²) in [4.78, 5) is 30.6. The monoisotopic (exact) mass is 425 g/mol. The molecule has 2 amide bonds. The number of hydrogen-bond acceptors (Lipinski definition) is 3. The molecule has 30 heavy (non-hydrogen) atoms. The SMILES string of the molecule is CC(=O)N(c1cc(NC(=O)Cc2cccc(F)c2Cl)ccn1)c1ccc(C)cc1C. The zero-order valence-corrected chi connectivity index (χ0v) is 17.6. The van der Waals surface area contributed by atoms with E-state index in [-0.39, 0.29) is 23.3 Å². The zero-order chi connectivity index (χ0) is 21.8. The van der Waals surface area contributed by atoms with Crippen molar-refractivity contribution in [2.45, 2.75) is 27.2 Å². The molecule has 0 saturated heterocycles. The second-order valence-corrected chi connectivity index (χ2v) is 7.36. The van der Waals surface area contributed by atoms with Crippen LogP contribution in [-0.4, -0.2) is 16.8 Å². The molecule has 154 valence electrons. The van der Waals surface area contributed by atoms with Crippen LogP contribution < -0.4 is 10.2 Å². The quantitative estimate of drug-likeness (QED) is 0.598. The van der Waals surface area contributed by atoms with Crippen molar-refractivity contribution in [1.29, 1.82) is 0 Å². The minimum Gasteiger partial charge on any atom is -0.326 e. The van der Waals surface area contributed by atoms with Gasteiger partial charge in [-0.15, -0.1) is 0 Å². The van der Waals surface area contributed by atoms with Crippen LogP contribution in [0, 0.1) is 19.7 Å². The van der Waals surface area contributed by atoms with Crippen molar-refractivity contribution < 1.29 is 14.0 Å². The predicted octanol–water partition coefficient (Wildman–Crippen LogP) is 5.36. The summed E-state index contributed by atoms with van der Waals surface area (Å²) in [7, 11) is 0. The van der Waals surface area contributed by atoms with Crippen LogP contribution in [0.3, 0.4) is 0 Å². The highest BCUT2D eigenvalue weighted by Crippen LogP contribution is 2.29. The Labute approximate surface area is 179 Å². The van der Waals surface area contributed by atoms with Gasteiger partial charge in [-0.3, -0.25) is 14.5 Å². The Balaban J connectivity index is 1.84. The third-order valence-electron chi connectivity index (χ3n) is 4.55. The van der Waals surface area contributed by atoms with Crippen LogP contribution >= 0.6 is 11.6 Å². The smallest absolute Gasteiger partial charge is 0.229 e. The lowest BCUT2D eigenvalue weighted by atomic mass is 10.1. The normalized spacial score (nSPS) is 10.6. The summed E-state index contributed by atoms with van der Waals surface area (Å²) < 4.78 is 13.6. The van der Waals surface area contributed by atoms with Crippen molar-refractivity contribution in [3.05, 3.63) is 82.3 Å². The lowest BCUT2D eigenvalue weighted by Gasteiger charge is -2.23. The highest BCUT2D eigenvalue weighted by atomic mass is 35.5. The van der Waals surface area contributed by atoms with Crippen LogP contribution in [-0.2, 0) is 16.0 Å². The van der Waals surface area contributed by atoms with E-state index in [9.17, 15) is 14.0 Å². The first-order valence-electron chi connectivity index (χ1n) is 9.33. The van der Waals surface area contributed by atoms with E-state index in [1.165, 1.54) is 30.2 Å². The van der Waals surface area contributed by atoms with Gasteiger partial charge in [0.1, 0.15) is 11.6 Å². The molecule has 7 heteroatoms. The summed E-state index contributed by atoms with van der Waals surface area (Å²) in [5, 5.41) is 2.68. The number of nitrogens with zero attached hydrogens (tertiary/aromatic N) is 2. The maximum absolute atomic E-state index is 13.6. The van der Waals surface area contributed by atoms with Gasteiger partial charge in [0.25, 0.3) is 0 Å². The molecular formula is C23H21ClFN3O2. The van der Waals surface area contributed by atoms with Crippen LogP contribution in [0.2, 0.25) is 5.02 Å². The second-order valence-electron chi connectivity index (χ2n) is 6.98. The number of amides is 2. The van der Waals surface area contributed by atoms with Crippen molar-refractivity contribution in [1.82, 2.24) is 4.98 Å². The average molecular weight is 426 g/mol. The zero-order valence-electron chi connectivity index (χ0n) is 16.9. The third kappa shape index (κ3) is 4.83. The topological polar surface area (TPSA) is 62.3 Å². The van der Waals surface area contributed by atoms with E-state index < -0.39 is 5.82 Å². The van der Waals surface area contributed by atoms with Gasteiger partial charge in [-0.1, -0.05) is 41.4 Å². The van der Waals surface area contributed by atoms with E-state index in [0.29, 0.717) is 17.1 Å². The molecule has 3 aromatic rings. The number of rotatable bonds is 5. The Bertz CT molecular complexity index is 1120. The number of nitrogens with one attached hydrogen (secondary N) is 1. The largest absolute Gasteiger partial charge is 0.326 e. The molecule has 0 saturated carbocycles. The summed E-state index contributed by atoms with van der Waals surface area (Å²) in [5.41, 5.74) is 3.60. The molecule has 0 bridgehead atoms. The van der Waals surface area contributed by atoms with Gasteiger partial charge in [0, 0.05) is 24.9 Å². The van der Waals surface area contributed by atoms with Gasteiger partial charge in [0.2, 0.25) is 11.8 Å². The Kier molecular flexibility index (Phi) is 6.47. The fourth-order valence-corrected chi connectivity index (χ4v) is 3.39. The molecule has 3 rings (SSSR count). The van der Waals surface area contributed by atoms with Gasteiger partial charge >= 0.3 is 0 Å². The van der Waals surface area contributed by atoms with E-state index in [2.05, 4.69) is 10.3 Å². The fourth-order valence-electron chi connectivity index (χ4n) is 3.19. The number of aryl methyl sites for hydroxylation is 2. The minimum absolute atomic E-state index is 0.0688. The van der Waals surface area contributed by atoms with Crippen LogP contribution in [0.5, 0.6) is 0 Å². The Hall–Kier alpha value is -3.25. The van der Waals surface area contributed by atoms with Gasteiger partial charge in [0.15, 0.2) is 0 Å². The van der Waals surface area contributed by atoms with Crippen molar-refractivity contribution in [3.8, 4) is 0 Å². The molecule has 1 N–H and O–H groups in total. The van der Waals surface area contributed by atoms with E-state index in [1.807, 2.05) is 32.0 Å². The summed E-state index contributed by atoms with van der Waals surface area (Å²) >= 11 is 5.93. The first-order chi connectivity index (χ1) is 14.3. The molecule has 0 aliphatic rings. The Morgan fingerprint density at radius 3 is 2.60 bits per heavy atom. The number of pyridine rings is 1. The van der Waals surface area contributed by atoms with Crippen molar-refractivity contribution in [2.24, 2.45) is 0 Å². The van der Waals surface area contributed by atoms with Crippen LogP contribution in [0.1, 0.15) is 23.6 Å². The minimum atomic E-state index is -0.571.